The van der Waals surface area contributed by atoms with Crippen molar-refractivity contribution >= 4 is 34.9 Å². The van der Waals surface area contributed by atoms with Gasteiger partial charge in [0.25, 0.3) is 0 Å². The summed E-state index contributed by atoms with van der Waals surface area (Å²) in [5, 5.41) is 0.992. The van der Waals surface area contributed by atoms with Crippen LogP contribution in [0.4, 0.5) is 11.4 Å². The van der Waals surface area contributed by atoms with Gasteiger partial charge in [0, 0.05) is 22.2 Å². The van der Waals surface area contributed by atoms with Gasteiger partial charge in [0.1, 0.15) is 11.7 Å². The zero-order valence-corrected chi connectivity index (χ0v) is 19.3. The van der Waals surface area contributed by atoms with Crippen LogP contribution in [0, 0.1) is 0 Å². The van der Waals surface area contributed by atoms with E-state index in [0.717, 1.165) is 44.7 Å². The molecule has 3 heterocycles. The third kappa shape index (κ3) is 2.98. The van der Waals surface area contributed by atoms with Crippen LogP contribution in [0.5, 0.6) is 0 Å². The first kappa shape index (κ1) is 20.5. The number of anilines is 2. The Balaban J connectivity index is 1.56. The van der Waals surface area contributed by atoms with Crippen LogP contribution in [0.3, 0.4) is 0 Å². The van der Waals surface area contributed by atoms with Crippen molar-refractivity contribution in [3.8, 4) is 11.3 Å². The third-order valence-electron chi connectivity index (χ3n) is 7.29. The fraction of sp³-hybridized carbons (Fsp3) is 0.259. The van der Waals surface area contributed by atoms with Gasteiger partial charge < -0.3 is 24.4 Å². The molecule has 1 unspecified atom stereocenters. The molecule has 6 rings (SSSR count). The minimum absolute atomic E-state index is 0.336. The largest absolute Gasteiger partial charge is 0.494 e. The first-order chi connectivity index (χ1) is 15.8. The number of fused-ring (bicyclic) bond motifs is 5. The molecule has 1 fully saturated rings. The van der Waals surface area contributed by atoms with Crippen LogP contribution in [0.25, 0.3) is 22.3 Å². The van der Waals surface area contributed by atoms with Crippen molar-refractivity contribution in [2.75, 3.05) is 4.90 Å². The molecule has 0 amide bonds. The molecule has 2 N–H and O–H groups in total. The summed E-state index contributed by atoms with van der Waals surface area (Å²) < 4.78 is 19.1. The number of nitrogens with two attached hydrogens (primary N) is 1. The van der Waals surface area contributed by atoms with Gasteiger partial charge in [0.2, 0.25) is 0 Å². The Bertz CT molecular complexity index is 1350. The molecular formula is C27H27BN2O3. The van der Waals surface area contributed by atoms with E-state index >= 15 is 0 Å². The summed E-state index contributed by atoms with van der Waals surface area (Å²) >= 11 is 0. The summed E-state index contributed by atoms with van der Waals surface area (Å²) in [6.07, 6.45) is -0.336. The molecule has 33 heavy (non-hydrogen) atoms. The van der Waals surface area contributed by atoms with Gasteiger partial charge in [-0.15, -0.1) is 0 Å². The predicted molar refractivity (Wildman–Crippen MR) is 133 cm³/mol. The lowest BCUT2D eigenvalue weighted by Gasteiger charge is -2.36. The van der Waals surface area contributed by atoms with Gasteiger partial charge in [0.15, 0.2) is 5.76 Å². The molecule has 0 aliphatic carbocycles. The molecule has 1 atom stereocenters. The highest BCUT2D eigenvalue weighted by atomic mass is 16.7. The Labute approximate surface area is 194 Å². The topological polar surface area (TPSA) is 60.9 Å². The van der Waals surface area contributed by atoms with Gasteiger partial charge in [-0.05, 0) is 57.4 Å². The highest BCUT2D eigenvalue weighted by molar-refractivity contribution is 6.62. The first-order valence-electron chi connectivity index (χ1n) is 11.4. The average Bonchev–Trinajstić information content (AvgIpc) is 3.28. The lowest BCUT2D eigenvalue weighted by molar-refractivity contribution is 0.00578. The van der Waals surface area contributed by atoms with Crippen molar-refractivity contribution in [2.45, 2.75) is 45.1 Å². The summed E-state index contributed by atoms with van der Waals surface area (Å²) in [7, 11) is -0.445. The fourth-order valence-corrected chi connectivity index (χ4v) is 4.77. The number of rotatable bonds is 2. The number of nitrogens with zero attached hydrogens (tertiary/aromatic N) is 1. The van der Waals surface area contributed by atoms with Crippen LogP contribution < -0.4 is 16.1 Å². The van der Waals surface area contributed by atoms with E-state index in [4.69, 9.17) is 19.5 Å². The van der Waals surface area contributed by atoms with Crippen molar-refractivity contribution in [1.82, 2.24) is 0 Å². The normalized spacial score (nSPS) is 20.7. The Morgan fingerprint density at radius 3 is 2.24 bits per heavy atom. The van der Waals surface area contributed by atoms with Gasteiger partial charge in [0.05, 0.1) is 16.9 Å². The number of para-hydroxylation sites is 1. The SMILES string of the molecule is CC1(C)OB(c2ccc3oc4c(c3c2)N(c2ccccc2)C(N)c2ccccc2-4)OC1(C)C. The van der Waals surface area contributed by atoms with E-state index in [2.05, 4.69) is 62.9 Å². The second kappa shape index (κ2) is 6.97. The average molecular weight is 438 g/mol. The lowest BCUT2D eigenvalue weighted by atomic mass is 9.78. The van der Waals surface area contributed by atoms with Crippen LogP contribution >= 0.6 is 0 Å². The smallest absolute Gasteiger partial charge is 0.454 e. The highest BCUT2D eigenvalue weighted by Gasteiger charge is 2.51. The highest BCUT2D eigenvalue weighted by Crippen LogP contribution is 2.51. The van der Waals surface area contributed by atoms with E-state index in [1.54, 1.807) is 0 Å². The van der Waals surface area contributed by atoms with Crippen molar-refractivity contribution in [2.24, 2.45) is 5.73 Å². The molecule has 4 aromatic rings. The fourth-order valence-electron chi connectivity index (χ4n) is 4.77. The molecule has 5 nitrogen and oxygen atoms in total. The van der Waals surface area contributed by atoms with Gasteiger partial charge in [-0.1, -0.05) is 48.5 Å². The molecule has 0 bridgehead atoms. The number of hydrogen-bond acceptors (Lipinski definition) is 5. The Morgan fingerprint density at radius 2 is 1.52 bits per heavy atom. The molecule has 0 spiro atoms. The summed E-state index contributed by atoms with van der Waals surface area (Å²) in [5.74, 6) is 0.831. The van der Waals surface area contributed by atoms with E-state index in [1.165, 1.54) is 0 Å². The molecule has 1 saturated heterocycles. The zero-order valence-electron chi connectivity index (χ0n) is 19.3. The molecule has 0 saturated carbocycles. The summed E-state index contributed by atoms with van der Waals surface area (Å²) in [4.78, 5) is 2.16. The maximum Gasteiger partial charge on any atom is 0.494 e. The van der Waals surface area contributed by atoms with E-state index in [0.29, 0.717) is 0 Å². The van der Waals surface area contributed by atoms with Gasteiger partial charge in [-0.25, -0.2) is 0 Å². The zero-order chi connectivity index (χ0) is 23.0. The molecule has 3 aromatic carbocycles. The van der Waals surface area contributed by atoms with Gasteiger partial charge in [-0.2, -0.15) is 0 Å². The third-order valence-corrected chi connectivity index (χ3v) is 7.29. The molecular weight excluding hydrogens is 411 g/mol. The molecule has 6 heteroatoms. The van der Waals surface area contributed by atoms with Crippen LogP contribution in [-0.2, 0) is 9.31 Å². The maximum absolute atomic E-state index is 6.85. The molecule has 0 radical (unpaired) electrons. The standard InChI is InChI=1S/C27H27BN2O3/c1-26(2)27(3,4)33-28(32-26)17-14-15-22-21(16-17)23-24(31-22)19-12-8-9-13-20(19)25(29)30(23)18-10-6-5-7-11-18/h5-16,25H,29H2,1-4H3. The van der Waals surface area contributed by atoms with E-state index in [9.17, 15) is 0 Å². The molecule has 2 aliphatic heterocycles. The first-order valence-corrected chi connectivity index (χ1v) is 11.4. The minimum Gasteiger partial charge on any atom is -0.454 e. The summed E-state index contributed by atoms with van der Waals surface area (Å²) in [6.45, 7) is 8.27. The van der Waals surface area contributed by atoms with Crippen LogP contribution in [0.1, 0.15) is 39.4 Å². The van der Waals surface area contributed by atoms with E-state index in [1.807, 2.05) is 42.5 Å². The van der Waals surface area contributed by atoms with Crippen LogP contribution in [-0.4, -0.2) is 18.3 Å². The monoisotopic (exact) mass is 438 g/mol. The van der Waals surface area contributed by atoms with Crippen molar-refractivity contribution < 1.29 is 13.7 Å². The van der Waals surface area contributed by atoms with Crippen LogP contribution in [0.15, 0.2) is 77.2 Å². The Morgan fingerprint density at radius 1 is 0.848 bits per heavy atom. The number of furan rings is 1. The lowest BCUT2D eigenvalue weighted by Crippen LogP contribution is -2.41. The number of benzene rings is 3. The van der Waals surface area contributed by atoms with E-state index < -0.39 is 18.3 Å². The van der Waals surface area contributed by atoms with Gasteiger partial charge >= 0.3 is 7.12 Å². The Kier molecular flexibility index (Phi) is 4.34. The second-order valence-corrected chi connectivity index (χ2v) is 9.86. The van der Waals surface area contributed by atoms with Gasteiger partial charge in [-0.3, -0.25) is 0 Å². The minimum atomic E-state index is -0.445. The summed E-state index contributed by atoms with van der Waals surface area (Å²) in [5.41, 5.74) is 11.9. The maximum atomic E-state index is 6.85. The number of hydrogen-bond donors (Lipinski definition) is 1. The molecule has 166 valence electrons. The van der Waals surface area contributed by atoms with Crippen LogP contribution in [0.2, 0.25) is 0 Å². The summed E-state index contributed by atoms with van der Waals surface area (Å²) in [6, 6.07) is 24.6. The molecule has 2 aliphatic rings. The molecule has 1 aromatic heterocycles. The van der Waals surface area contributed by atoms with Crippen molar-refractivity contribution in [1.29, 1.82) is 0 Å². The Hall–Kier alpha value is -3.06. The predicted octanol–water partition coefficient (Wildman–Crippen LogP) is 5.51. The quantitative estimate of drug-likeness (QED) is 0.419. The second-order valence-electron chi connectivity index (χ2n) is 9.86. The van der Waals surface area contributed by atoms with E-state index in [-0.39, 0.29) is 6.17 Å². The van der Waals surface area contributed by atoms with Crippen molar-refractivity contribution in [3.05, 3.63) is 78.4 Å². The van der Waals surface area contributed by atoms with Crippen molar-refractivity contribution in [3.63, 3.8) is 0 Å².